The molecule has 0 aromatic heterocycles. The van der Waals surface area contributed by atoms with Crippen molar-refractivity contribution in [2.45, 2.75) is 46.1 Å². The number of carboxylic acid groups (broad SMARTS) is 1. The number of amides is 2. The molecule has 0 saturated heterocycles. The molecule has 2 amide bonds. The van der Waals surface area contributed by atoms with Gasteiger partial charge in [-0.1, -0.05) is 43.4 Å². The zero-order chi connectivity index (χ0) is 21.9. The molecule has 0 bridgehead atoms. The minimum absolute atomic E-state index is 0.102. The lowest BCUT2D eigenvalue weighted by atomic mass is 10.1. The summed E-state index contributed by atoms with van der Waals surface area (Å²) >= 11 is 0. The predicted octanol–water partition coefficient (Wildman–Crippen LogP) is 0.830. The fourth-order valence-electron chi connectivity index (χ4n) is 1.82. The van der Waals surface area contributed by atoms with E-state index in [0.717, 1.165) is 18.5 Å². The highest BCUT2D eigenvalue weighted by Gasteiger charge is 2.11. The maximum Gasteiger partial charge on any atom is 0.312 e. The zero-order valence-corrected chi connectivity index (χ0v) is 16.9. The Hall–Kier alpha value is -3.10. The molecule has 0 heterocycles. The van der Waals surface area contributed by atoms with Crippen molar-refractivity contribution in [3.05, 3.63) is 36.5 Å². The van der Waals surface area contributed by atoms with E-state index in [0.29, 0.717) is 6.42 Å². The highest BCUT2D eigenvalue weighted by atomic mass is 16.4. The second-order valence-corrected chi connectivity index (χ2v) is 5.78. The van der Waals surface area contributed by atoms with Crippen LogP contribution < -0.4 is 22.1 Å². The number of hydrogen-bond donors (Lipinski definition) is 5. The first kappa shape index (κ1) is 27.1. The van der Waals surface area contributed by atoms with Gasteiger partial charge in [0, 0.05) is 12.6 Å². The molecule has 0 aromatic carbocycles. The maximum absolute atomic E-state index is 11.6. The number of nitrogens with one attached hydrogen (secondary N) is 2. The first-order chi connectivity index (χ1) is 13.2. The van der Waals surface area contributed by atoms with Crippen LogP contribution in [0.2, 0.25) is 0 Å². The van der Waals surface area contributed by atoms with Crippen LogP contribution in [-0.2, 0) is 14.4 Å². The predicted molar refractivity (Wildman–Crippen MR) is 112 cm³/mol. The molecule has 0 rings (SSSR count). The van der Waals surface area contributed by atoms with Gasteiger partial charge in [0.1, 0.15) is 6.42 Å². The number of aliphatic carboxylic acids is 1. The van der Waals surface area contributed by atoms with E-state index in [-0.39, 0.29) is 24.5 Å². The standard InChI is InChI=1S/C15H22N2O4.C4H11N3/c1-4-6-7-12(5-2)8-11(3)17-14(19)10-16-13(18)9-15(20)21;1-2-3-7-4(5)6/h4-7,11H,1,8-10H2,2-3H3,(H,16,18)(H,17,19)(H,20,21);2-3H2,1H3,(H4,5,6,7)/b7-6-,12-5+;/t11-;/m0./s1. The smallest absolute Gasteiger partial charge is 0.312 e. The van der Waals surface area contributed by atoms with Crippen LogP contribution in [0.15, 0.2) is 41.4 Å². The van der Waals surface area contributed by atoms with Crippen LogP contribution in [0.4, 0.5) is 0 Å². The third-order valence-corrected chi connectivity index (χ3v) is 3.04. The molecule has 0 radical (unpaired) electrons. The van der Waals surface area contributed by atoms with Crippen LogP contribution in [0.5, 0.6) is 0 Å². The molecule has 9 nitrogen and oxygen atoms in total. The number of carbonyl (C=O) groups excluding carboxylic acids is 2. The van der Waals surface area contributed by atoms with Crippen molar-refractivity contribution in [3.63, 3.8) is 0 Å². The Morgan fingerprint density at radius 2 is 1.89 bits per heavy atom. The van der Waals surface area contributed by atoms with Crippen molar-refractivity contribution < 1.29 is 19.5 Å². The van der Waals surface area contributed by atoms with Gasteiger partial charge in [0.05, 0.1) is 6.54 Å². The molecule has 0 aliphatic carbocycles. The summed E-state index contributed by atoms with van der Waals surface area (Å²) in [6, 6.07) is -0.102. The van der Waals surface area contributed by atoms with E-state index in [9.17, 15) is 14.4 Å². The molecule has 1 atom stereocenters. The average molecular weight is 396 g/mol. The van der Waals surface area contributed by atoms with Crippen LogP contribution in [0.25, 0.3) is 0 Å². The van der Waals surface area contributed by atoms with Gasteiger partial charge in [0.2, 0.25) is 11.8 Å². The second kappa shape index (κ2) is 17.3. The van der Waals surface area contributed by atoms with Gasteiger partial charge in [-0.25, -0.2) is 0 Å². The number of carbonyl (C=O) groups is 3. The van der Waals surface area contributed by atoms with Gasteiger partial charge in [-0.3, -0.25) is 19.4 Å². The van der Waals surface area contributed by atoms with Crippen LogP contribution in [0, 0.1) is 0 Å². The summed E-state index contributed by atoms with van der Waals surface area (Å²) in [6.07, 6.45) is 8.34. The molecule has 0 unspecified atom stereocenters. The molecule has 0 fully saturated rings. The van der Waals surface area contributed by atoms with Crippen molar-refractivity contribution in [1.82, 2.24) is 10.6 Å². The van der Waals surface area contributed by atoms with E-state index in [1.807, 2.05) is 39.0 Å². The van der Waals surface area contributed by atoms with E-state index >= 15 is 0 Å². The SMILES string of the molecule is C=C/C=C\C(=C/C)C[C@H](C)NC(=O)CNC(=O)CC(=O)O.CCCN=C(N)N. The monoisotopic (exact) mass is 395 g/mol. The van der Waals surface area contributed by atoms with Gasteiger partial charge in [0.15, 0.2) is 5.96 Å². The number of rotatable bonds is 11. The van der Waals surface area contributed by atoms with Crippen molar-refractivity contribution in [2.75, 3.05) is 13.1 Å². The topological polar surface area (TPSA) is 160 Å². The van der Waals surface area contributed by atoms with Crippen molar-refractivity contribution in [3.8, 4) is 0 Å². The molecule has 28 heavy (non-hydrogen) atoms. The quantitative estimate of drug-likeness (QED) is 0.151. The normalized spacial score (nSPS) is 11.6. The molecule has 0 spiro atoms. The van der Waals surface area contributed by atoms with Crippen LogP contribution in [0.3, 0.4) is 0 Å². The van der Waals surface area contributed by atoms with Gasteiger partial charge in [-0.05, 0) is 26.7 Å². The molecule has 0 aliphatic heterocycles. The summed E-state index contributed by atoms with van der Waals surface area (Å²) in [4.78, 5) is 36.7. The van der Waals surface area contributed by atoms with Crippen molar-refractivity contribution in [2.24, 2.45) is 16.5 Å². The van der Waals surface area contributed by atoms with Gasteiger partial charge < -0.3 is 27.2 Å². The summed E-state index contributed by atoms with van der Waals surface area (Å²) in [5.74, 6) is -2.09. The molecule has 7 N–H and O–H groups in total. The van der Waals surface area contributed by atoms with Crippen LogP contribution in [-0.4, -0.2) is 48.0 Å². The molecule has 0 aromatic rings. The van der Waals surface area contributed by atoms with E-state index in [1.165, 1.54) is 0 Å². The van der Waals surface area contributed by atoms with Crippen LogP contribution >= 0.6 is 0 Å². The molecule has 9 heteroatoms. The van der Waals surface area contributed by atoms with Crippen molar-refractivity contribution >= 4 is 23.7 Å². The summed E-state index contributed by atoms with van der Waals surface area (Å²) in [7, 11) is 0. The minimum atomic E-state index is -1.23. The third kappa shape index (κ3) is 19.2. The van der Waals surface area contributed by atoms with Gasteiger partial charge >= 0.3 is 5.97 Å². The maximum atomic E-state index is 11.6. The Bertz CT molecular complexity index is 593. The Kier molecular flexibility index (Phi) is 16.8. The summed E-state index contributed by atoms with van der Waals surface area (Å²) in [5.41, 5.74) is 11.1. The third-order valence-electron chi connectivity index (χ3n) is 3.04. The number of nitrogens with two attached hydrogens (primary N) is 2. The molecule has 0 aliphatic rings. The number of guanidine groups is 1. The number of aliphatic imine (C=N–C) groups is 1. The molecular formula is C19H33N5O4. The Morgan fingerprint density at radius 1 is 1.25 bits per heavy atom. The highest BCUT2D eigenvalue weighted by Crippen LogP contribution is 2.07. The number of carboxylic acids is 1. The first-order valence-corrected chi connectivity index (χ1v) is 8.93. The number of hydrogen-bond acceptors (Lipinski definition) is 4. The van der Waals surface area contributed by atoms with Crippen LogP contribution in [0.1, 0.15) is 40.0 Å². The lowest BCUT2D eigenvalue weighted by molar-refractivity contribution is -0.141. The lowest BCUT2D eigenvalue weighted by Gasteiger charge is -2.14. The number of allylic oxidation sites excluding steroid dienone is 4. The van der Waals surface area contributed by atoms with E-state index < -0.39 is 18.3 Å². The van der Waals surface area contributed by atoms with E-state index in [4.69, 9.17) is 16.6 Å². The van der Waals surface area contributed by atoms with Crippen molar-refractivity contribution in [1.29, 1.82) is 0 Å². The minimum Gasteiger partial charge on any atom is -0.481 e. The fraction of sp³-hybridized carbons (Fsp3) is 0.474. The average Bonchev–Trinajstić information content (AvgIpc) is 2.61. The summed E-state index contributed by atoms with van der Waals surface area (Å²) in [6.45, 7) is 9.87. The van der Waals surface area contributed by atoms with E-state index in [1.54, 1.807) is 6.08 Å². The molecular weight excluding hydrogens is 362 g/mol. The van der Waals surface area contributed by atoms with Gasteiger partial charge in [-0.2, -0.15) is 0 Å². The largest absolute Gasteiger partial charge is 0.481 e. The molecule has 0 saturated carbocycles. The number of nitrogens with zero attached hydrogens (tertiary/aromatic N) is 1. The Balaban J connectivity index is 0. The summed E-state index contributed by atoms with van der Waals surface area (Å²) in [5, 5.41) is 13.4. The Morgan fingerprint density at radius 3 is 2.32 bits per heavy atom. The van der Waals surface area contributed by atoms with E-state index in [2.05, 4.69) is 22.2 Å². The van der Waals surface area contributed by atoms with Gasteiger partial charge in [0.25, 0.3) is 0 Å². The summed E-state index contributed by atoms with van der Waals surface area (Å²) < 4.78 is 0. The lowest BCUT2D eigenvalue weighted by Crippen LogP contribution is -2.41. The highest BCUT2D eigenvalue weighted by molar-refractivity contribution is 5.95. The van der Waals surface area contributed by atoms with Gasteiger partial charge in [-0.15, -0.1) is 0 Å². The zero-order valence-electron chi connectivity index (χ0n) is 16.9. The second-order valence-electron chi connectivity index (χ2n) is 5.78. The molecule has 158 valence electrons. The Labute approximate surface area is 166 Å². The first-order valence-electron chi connectivity index (χ1n) is 8.93. The fourth-order valence-corrected chi connectivity index (χ4v) is 1.82.